The van der Waals surface area contributed by atoms with Crippen LogP contribution in [0, 0.1) is 0 Å². The second kappa shape index (κ2) is 6.85. The van der Waals surface area contributed by atoms with Gasteiger partial charge in [0, 0.05) is 12.4 Å². The summed E-state index contributed by atoms with van der Waals surface area (Å²) in [6.07, 6.45) is 3.51. The van der Waals surface area contributed by atoms with Crippen molar-refractivity contribution < 1.29 is 14.7 Å². The number of hydrogen-bond donors (Lipinski definition) is 2. The highest BCUT2D eigenvalue weighted by molar-refractivity contribution is 8.01. The van der Waals surface area contributed by atoms with Gasteiger partial charge >= 0.3 is 5.97 Å². The quantitative estimate of drug-likeness (QED) is 0.788. The predicted molar refractivity (Wildman–Crippen MR) is 64.8 cm³/mol. The number of aromatic nitrogens is 2. The first-order valence-electron chi connectivity index (χ1n) is 5.04. The van der Waals surface area contributed by atoms with Crippen LogP contribution >= 0.6 is 11.8 Å². The maximum atomic E-state index is 11.5. The van der Waals surface area contributed by atoms with Crippen molar-refractivity contribution in [2.45, 2.75) is 18.6 Å². The number of nitrogens with one attached hydrogen (secondary N) is 1. The van der Waals surface area contributed by atoms with Gasteiger partial charge in [-0.25, -0.2) is 9.97 Å². The number of carbonyl (C=O) groups is 2. The minimum atomic E-state index is -0.902. The number of hydrogen-bond acceptors (Lipinski definition) is 5. The third-order valence-electron chi connectivity index (χ3n) is 1.88. The van der Waals surface area contributed by atoms with E-state index in [1.165, 1.54) is 12.4 Å². The Morgan fingerprint density at radius 3 is 2.65 bits per heavy atom. The van der Waals surface area contributed by atoms with Gasteiger partial charge in [-0.2, -0.15) is 0 Å². The fraction of sp³-hybridized carbons (Fsp3) is 0.400. The molecule has 0 saturated heterocycles. The fourth-order valence-electron chi connectivity index (χ4n) is 1.06. The molecule has 1 amide bonds. The highest BCUT2D eigenvalue weighted by Gasteiger charge is 2.17. The Kier molecular flexibility index (Phi) is 5.41. The van der Waals surface area contributed by atoms with Crippen LogP contribution in [0.2, 0.25) is 0 Å². The zero-order valence-electron chi connectivity index (χ0n) is 9.29. The third-order valence-corrected chi connectivity index (χ3v) is 3.25. The maximum Gasteiger partial charge on any atom is 0.316 e. The van der Waals surface area contributed by atoms with Gasteiger partial charge in [0.25, 0.3) is 0 Å². The van der Waals surface area contributed by atoms with Crippen molar-refractivity contribution in [2.24, 2.45) is 0 Å². The van der Waals surface area contributed by atoms with E-state index in [0.29, 0.717) is 6.42 Å². The molecule has 0 radical (unpaired) electrons. The highest BCUT2D eigenvalue weighted by Crippen LogP contribution is 2.14. The molecule has 1 rings (SSSR count). The van der Waals surface area contributed by atoms with Crippen LogP contribution in [0.5, 0.6) is 0 Å². The molecule has 1 atom stereocenters. The second-order valence-electron chi connectivity index (χ2n) is 3.17. The average Bonchev–Trinajstić information content (AvgIpc) is 2.30. The van der Waals surface area contributed by atoms with Crippen molar-refractivity contribution in [3.63, 3.8) is 0 Å². The van der Waals surface area contributed by atoms with E-state index in [-0.39, 0.29) is 17.6 Å². The molecule has 6 nitrogen and oxygen atoms in total. The summed E-state index contributed by atoms with van der Waals surface area (Å²) in [5.74, 6) is -0.910. The lowest BCUT2D eigenvalue weighted by Crippen LogP contribution is -2.21. The Morgan fingerprint density at radius 2 is 2.12 bits per heavy atom. The average molecular weight is 255 g/mol. The Labute approximate surface area is 103 Å². The minimum Gasteiger partial charge on any atom is -0.480 e. The van der Waals surface area contributed by atoms with Gasteiger partial charge in [-0.3, -0.25) is 14.9 Å². The molecule has 1 unspecified atom stereocenters. The number of aliphatic carboxylic acids is 1. The van der Waals surface area contributed by atoms with E-state index in [2.05, 4.69) is 15.3 Å². The maximum absolute atomic E-state index is 11.5. The van der Waals surface area contributed by atoms with Crippen LogP contribution in [0.15, 0.2) is 18.5 Å². The number of amides is 1. The van der Waals surface area contributed by atoms with E-state index in [1.807, 2.05) is 0 Å². The number of rotatable bonds is 6. The molecule has 0 fully saturated rings. The van der Waals surface area contributed by atoms with Crippen molar-refractivity contribution >= 4 is 29.6 Å². The summed E-state index contributed by atoms with van der Waals surface area (Å²) in [5, 5.41) is 10.7. The molecule has 1 aromatic rings. The van der Waals surface area contributed by atoms with Crippen LogP contribution in [0.25, 0.3) is 0 Å². The molecule has 92 valence electrons. The van der Waals surface area contributed by atoms with Gasteiger partial charge in [-0.1, -0.05) is 6.92 Å². The summed E-state index contributed by atoms with van der Waals surface area (Å²) in [6, 6.07) is 1.64. The molecule has 0 aliphatic heterocycles. The van der Waals surface area contributed by atoms with Crippen molar-refractivity contribution in [2.75, 3.05) is 11.1 Å². The van der Waals surface area contributed by atoms with E-state index in [0.717, 1.165) is 11.8 Å². The largest absolute Gasteiger partial charge is 0.480 e. The molecule has 0 aliphatic carbocycles. The summed E-state index contributed by atoms with van der Waals surface area (Å²) < 4.78 is 0. The first-order chi connectivity index (χ1) is 8.13. The Bertz CT molecular complexity index is 386. The van der Waals surface area contributed by atoms with Gasteiger partial charge in [-0.05, 0) is 12.5 Å². The number of carboxylic acids is 1. The fourth-order valence-corrected chi connectivity index (χ4v) is 1.87. The SMILES string of the molecule is CCC(SCC(=O)Nc1ncccn1)C(=O)O. The molecule has 0 spiro atoms. The Morgan fingerprint density at radius 1 is 1.47 bits per heavy atom. The molecular formula is C10H13N3O3S. The molecule has 0 saturated carbocycles. The lowest BCUT2D eigenvalue weighted by Gasteiger charge is -2.08. The number of carbonyl (C=O) groups excluding carboxylic acids is 1. The van der Waals surface area contributed by atoms with Gasteiger partial charge in [0.2, 0.25) is 11.9 Å². The van der Waals surface area contributed by atoms with Crippen molar-refractivity contribution in [3.05, 3.63) is 18.5 Å². The first kappa shape index (κ1) is 13.4. The molecule has 17 heavy (non-hydrogen) atoms. The minimum absolute atomic E-state index is 0.0725. The van der Waals surface area contributed by atoms with Crippen molar-refractivity contribution in [3.8, 4) is 0 Å². The highest BCUT2D eigenvalue weighted by atomic mass is 32.2. The first-order valence-corrected chi connectivity index (χ1v) is 6.09. The summed E-state index contributed by atoms with van der Waals surface area (Å²) in [4.78, 5) is 29.8. The summed E-state index contributed by atoms with van der Waals surface area (Å²) >= 11 is 1.09. The van der Waals surface area contributed by atoms with Crippen molar-refractivity contribution in [1.82, 2.24) is 9.97 Å². The lowest BCUT2D eigenvalue weighted by atomic mass is 10.3. The van der Waals surface area contributed by atoms with E-state index in [4.69, 9.17) is 5.11 Å². The van der Waals surface area contributed by atoms with E-state index < -0.39 is 11.2 Å². The zero-order valence-corrected chi connectivity index (χ0v) is 10.1. The molecule has 0 aliphatic rings. The van der Waals surface area contributed by atoms with Gasteiger partial charge < -0.3 is 5.11 Å². The van der Waals surface area contributed by atoms with Crippen molar-refractivity contribution in [1.29, 1.82) is 0 Å². The molecule has 1 heterocycles. The lowest BCUT2D eigenvalue weighted by molar-refractivity contribution is -0.136. The van der Waals surface area contributed by atoms with Crippen LogP contribution in [0.3, 0.4) is 0 Å². The summed E-state index contributed by atoms with van der Waals surface area (Å²) in [6.45, 7) is 1.77. The smallest absolute Gasteiger partial charge is 0.316 e. The van der Waals surface area contributed by atoms with Crippen LogP contribution in [-0.4, -0.2) is 38.0 Å². The van der Waals surface area contributed by atoms with E-state index >= 15 is 0 Å². The summed E-state index contributed by atoms with van der Waals surface area (Å²) in [5.41, 5.74) is 0. The van der Waals surface area contributed by atoms with E-state index in [1.54, 1.807) is 13.0 Å². The second-order valence-corrected chi connectivity index (χ2v) is 4.36. The standard InChI is InChI=1S/C10H13N3O3S/c1-2-7(9(15)16)17-6-8(14)13-10-11-4-3-5-12-10/h3-5,7H,2,6H2,1H3,(H,15,16)(H,11,12,13,14). The Balaban J connectivity index is 2.38. The molecular weight excluding hydrogens is 242 g/mol. The zero-order chi connectivity index (χ0) is 12.7. The predicted octanol–water partition coefficient (Wildman–Crippen LogP) is 1.01. The molecule has 0 bridgehead atoms. The topological polar surface area (TPSA) is 92.2 Å². The van der Waals surface area contributed by atoms with Gasteiger partial charge in [0.15, 0.2) is 0 Å². The summed E-state index contributed by atoms with van der Waals surface area (Å²) in [7, 11) is 0. The number of nitrogens with zero attached hydrogens (tertiary/aromatic N) is 2. The normalized spacial score (nSPS) is 11.8. The Hall–Kier alpha value is -1.63. The third kappa shape index (κ3) is 4.81. The van der Waals surface area contributed by atoms with Crippen LogP contribution in [0.4, 0.5) is 5.95 Å². The van der Waals surface area contributed by atoms with Gasteiger partial charge in [0.1, 0.15) is 5.25 Å². The number of thioether (sulfide) groups is 1. The van der Waals surface area contributed by atoms with Gasteiger partial charge in [-0.15, -0.1) is 11.8 Å². The van der Waals surface area contributed by atoms with Crippen LogP contribution < -0.4 is 5.32 Å². The molecule has 2 N–H and O–H groups in total. The monoisotopic (exact) mass is 255 g/mol. The number of anilines is 1. The van der Waals surface area contributed by atoms with Crippen LogP contribution in [-0.2, 0) is 9.59 Å². The number of carboxylic acid groups (broad SMARTS) is 1. The molecule has 7 heteroatoms. The van der Waals surface area contributed by atoms with Gasteiger partial charge in [0.05, 0.1) is 5.75 Å². The molecule has 0 aromatic carbocycles. The van der Waals surface area contributed by atoms with E-state index in [9.17, 15) is 9.59 Å². The molecule has 1 aromatic heterocycles. The van der Waals surface area contributed by atoms with Crippen LogP contribution in [0.1, 0.15) is 13.3 Å².